The predicted molar refractivity (Wildman–Crippen MR) is 68.3 cm³/mol. The van der Waals surface area contributed by atoms with E-state index in [1.807, 2.05) is 12.1 Å². The summed E-state index contributed by atoms with van der Waals surface area (Å²) in [5, 5.41) is 3.39. The van der Waals surface area contributed by atoms with Gasteiger partial charge < -0.3 is 15.8 Å². The number of carbonyl (C=O) groups excluding carboxylic acids is 1. The number of fused-ring (bicyclic) bond motifs is 1. The van der Waals surface area contributed by atoms with E-state index in [1.165, 1.54) is 0 Å². The molecule has 17 heavy (non-hydrogen) atoms. The lowest BCUT2D eigenvalue weighted by Crippen LogP contribution is -2.30. The van der Waals surface area contributed by atoms with E-state index in [2.05, 4.69) is 5.32 Å². The first-order chi connectivity index (χ1) is 8.22. The number of hydrogen-bond donors (Lipinski definition) is 2. The maximum atomic E-state index is 11.3. The molecule has 1 aromatic carbocycles. The molecule has 2 heterocycles. The van der Waals surface area contributed by atoms with Crippen LogP contribution < -0.4 is 11.1 Å². The first-order valence-electron chi connectivity index (χ1n) is 5.69. The zero-order valence-corrected chi connectivity index (χ0v) is 10.2. The number of carbonyl (C=O) groups is 1. The van der Waals surface area contributed by atoms with Crippen molar-refractivity contribution in [1.29, 1.82) is 0 Å². The first-order valence-corrected chi connectivity index (χ1v) is 6.57. The smallest absolute Gasteiger partial charge is 0.224 e. The molecule has 0 spiro atoms. The molecule has 3 rings (SSSR count). The minimum atomic E-state index is 0.0881. The number of thioether (sulfide) groups is 1. The lowest BCUT2D eigenvalue weighted by atomic mass is 10.0. The third-order valence-corrected chi connectivity index (χ3v) is 4.25. The average molecular weight is 250 g/mol. The van der Waals surface area contributed by atoms with E-state index in [0.717, 1.165) is 41.5 Å². The Hall–Kier alpha value is -1.20. The number of aryl methyl sites for hydroxylation is 1. The van der Waals surface area contributed by atoms with Gasteiger partial charge in [-0.05, 0) is 24.1 Å². The number of benzene rings is 1. The molecule has 1 fully saturated rings. The number of amides is 1. The Morgan fingerprint density at radius 1 is 1.35 bits per heavy atom. The predicted octanol–water partition coefficient (Wildman–Crippen LogP) is 1.64. The molecule has 0 aromatic heterocycles. The molecule has 4 nitrogen and oxygen atoms in total. The monoisotopic (exact) mass is 250 g/mol. The SMILES string of the molecule is Nc1cc2c(cc1SC1COC1)NC(=O)CC2. The van der Waals surface area contributed by atoms with Crippen molar-refractivity contribution in [3.05, 3.63) is 17.7 Å². The number of ether oxygens (including phenoxy) is 1. The summed E-state index contributed by atoms with van der Waals surface area (Å²) in [6, 6.07) is 3.97. The number of hydrogen-bond acceptors (Lipinski definition) is 4. The Balaban J connectivity index is 1.88. The van der Waals surface area contributed by atoms with Crippen LogP contribution in [-0.2, 0) is 16.0 Å². The van der Waals surface area contributed by atoms with Crippen LogP contribution >= 0.6 is 11.8 Å². The van der Waals surface area contributed by atoms with E-state index in [1.54, 1.807) is 11.8 Å². The molecule has 5 heteroatoms. The fraction of sp³-hybridized carbons (Fsp3) is 0.417. The summed E-state index contributed by atoms with van der Waals surface area (Å²) < 4.78 is 5.15. The number of nitrogen functional groups attached to an aromatic ring is 1. The molecule has 2 aliphatic heterocycles. The van der Waals surface area contributed by atoms with Crippen LogP contribution in [0.5, 0.6) is 0 Å². The minimum Gasteiger partial charge on any atom is -0.398 e. The fourth-order valence-corrected chi connectivity index (χ4v) is 3.06. The van der Waals surface area contributed by atoms with Gasteiger partial charge in [-0.15, -0.1) is 11.8 Å². The molecular weight excluding hydrogens is 236 g/mol. The van der Waals surface area contributed by atoms with Crippen LogP contribution in [0.3, 0.4) is 0 Å². The van der Waals surface area contributed by atoms with Crippen LogP contribution in [0.25, 0.3) is 0 Å². The Morgan fingerprint density at radius 3 is 2.88 bits per heavy atom. The standard InChI is InChI=1S/C12H14N2O2S/c13-9-3-7-1-2-12(15)14-10(7)4-11(9)17-8-5-16-6-8/h3-4,8H,1-2,5-6,13H2,(H,14,15). The summed E-state index contributed by atoms with van der Waals surface area (Å²) in [5.41, 5.74) is 8.89. The molecule has 1 saturated heterocycles. The number of nitrogens with one attached hydrogen (secondary N) is 1. The highest BCUT2D eigenvalue weighted by Gasteiger charge is 2.22. The Labute approximate surface area is 104 Å². The second kappa shape index (κ2) is 4.23. The van der Waals surface area contributed by atoms with E-state index in [9.17, 15) is 4.79 Å². The molecule has 1 amide bonds. The minimum absolute atomic E-state index is 0.0881. The third-order valence-electron chi connectivity index (χ3n) is 3.03. The van der Waals surface area contributed by atoms with Gasteiger partial charge in [-0.1, -0.05) is 0 Å². The van der Waals surface area contributed by atoms with Crippen LogP contribution in [0.4, 0.5) is 11.4 Å². The maximum absolute atomic E-state index is 11.3. The molecule has 0 bridgehead atoms. The number of anilines is 2. The fourth-order valence-electron chi connectivity index (χ4n) is 1.99. The lowest BCUT2D eigenvalue weighted by Gasteiger charge is -2.26. The van der Waals surface area contributed by atoms with E-state index >= 15 is 0 Å². The van der Waals surface area contributed by atoms with Crippen LogP contribution in [-0.4, -0.2) is 24.4 Å². The summed E-state index contributed by atoms with van der Waals surface area (Å²) in [7, 11) is 0. The zero-order chi connectivity index (χ0) is 11.8. The summed E-state index contributed by atoms with van der Waals surface area (Å²) in [6.45, 7) is 1.57. The second-order valence-corrected chi connectivity index (χ2v) is 5.71. The lowest BCUT2D eigenvalue weighted by molar-refractivity contribution is -0.116. The maximum Gasteiger partial charge on any atom is 0.224 e. The van der Waals surface area contributed by atoms with Gasteiger partial charge in [0.2, 0.25) is 5.91 Å². The van der Waals surface area contributed by atoms with Gasteiger partial charge in [0.1, 0.15) is 0 Å². The van der Waals surface area contributed by atoms with Gasteiger partial charge in [0.05, 0.1) is 18.5 Å². The van der Waals surface area contributed by atoms with Crippen molar-refractivity contribution in [3.8, 4) is 0 Å². The van der Waals surface area contributed by atoms with Crippen molar-refractivity contribution < 1.29 is 9.53 Å². The van der Waals surface area contributed by atoms with Crippen LogP contribution in [0.2, 0.25) is 0 Å². The molecule has 3 N–H and O–H groups in total. The Kier molecular flexibility index (Phi) is 2.72. The summed E-state index contributed by atoms with van der Waals surface area (Å²) in [5.74, 6) is 0.0881. The first kappa shape index (κ1) is 10.9. The normalized spacial score (nSPS) is 19.4. The zero-order valence-electron chi connectivity index (χ0n) is 9.36. The highest BCUT2D eigenvalue weighted by Crippen LogP contribution is 2.37. The van der Waals surface area contributed by atoms with Crippen molar-refractivity contribution in [2.75, 3.05) is 24.3 Å². The number of rotatable bonds is 2. The molecule has 0 unspecified atom stereocenters. The van der Waals surface area contributed by atoms with Crippen LogP contribution in [0.1, 0.15) is 12.0 Å². The summed E-state index contributed by atoms with van der Waals surface area (Å²) >= 11 is 1.73. The average Bonchev–Trinajstić information content (AvgIpc) is 2.24. The molecule has 0 radical (unpaired) electrons. The highest BCUT2D eigenvalue weighted by molar-refractivity contribution is 8.00. The molecule has 1 aromatic rings. The van der Waals surface area contributed by atoms with Gasteiger partial charge in [-0.3, -0.25) is 4.79 Å². The Bertz CT molecular complexity index is 472. The van der Waals surface area contributed by atoms with Crippen molar-refractivity contribution in [2.24, 2.45) is 0 Å². The van der Waals surface area contributed by atoms with Gasteiger partial charge in [0.25, 0.3) is 0 Å². The van der Waals surface area contributed by atoms with Crippen LogP contribution in [0.15, 0.2) is 17.0 Å². The van der Waals surface area contributed by atoms with Gasteiger partial charge >= 0.3 is 0 Å². The van der Waals surface area contributed by atoms with Crippen molar-refractivity contribution >= 4 is 29.0 Å². The van der Waals surface area contributed by atoms with Gasteiger partial charge in [0.15, 0.2) is 0 Å². The van der Waals surface area contributed by atoms with Gasteiger partial charge in [-0.2, -0.15) is 0 Å². The Morgan fingerprint density at radius 2 is 2.18 bits per heavy atom. The quantitative estimate of drug-likeness (QED) is 0.783. The third kappa shape index (κ3) is 2.12. The van der Waals surface area contributed by atoms with Gasteiger partial charge in [0, 0.05) is 22.7 Å². The second-order valence-electron chi connectivity index (χ2n) is 4.37. The van der Waals surface area contributed by atoms with E-state index in [-0.39, 0.29) is 5.91 Å². The van der Waals surface area contributed by atoms with E-state index in [0.29, 0.717) is 11.7 Å². The molecule has 2 aliphatic rings. The topological polar surface area (TPSA) is 64.3 Å². The summed E-state index contributed by atoms with van der Waals surface area (Å²) in [4.78, 5) is 12.4. The van der Waals surface area contributed by atoms with Gasteiger partial charge in [-0.25, -0.2) is 0 Å². The molecule has 90 valence electrons. The van der Waals surface area contributed by atoms with Crippen molar-refractivity contribution in [2.45, 2.75) is 23.0 Å². The van der Waals surface area contributed by atoms with E-state index < -0.39 is 0 Å². The van der Waals surface area contributed by atoms with E-state index in [4.69, 9.17) is 10.5 Å². The van der Waals surface area contributed by atoms with Crippen LogP contribution in [0, 0.1) is 0 Å². The molecule has 0 atom stereocenters. The van der Waals surface area contributed by atoms with Crippen molar-refractivity contribution in [3.63, 3.8) is 0 Å². The highest BCUT2D eigenvalue weighted by atomic mass is 32.2. The largest absolute Gasteiger partial charge is 0.398 e. The van der Waals surface area contributed by atoms with Crippen molar-refractivity contribution in [1.82, 2.24) is 0 Å². The molecule has 0 saturated carbocycles. The molecule has 0 aliphatic carbocycles. The molecular formula is C12H14N2O2S. The number of nitrogens with two attached hydrogens (primary N) is 1. The summed E-state index contributed by atoms with van der Waals surface area (Å²) in [6.07, 6.45) is 1.33.